The van der Waals surface area contributed by atoms with Crippen LogP contribution in [0.1, 0.15) is 28.3 Å². The minimum atomic E-state index is 0.0417. The second-order valence-electron chi connectivity index (χ2n) is 4.65. The first-order valence-electron chi connectivity index (χ1n) is 6.62. The molecule has 3 aromatic rings. The summed E-state index contributed by atoms with van der Waals surface area (Å²) in [5, 5.41) is 4.34. The van der Waals surface area contributed by atoms with Gasteiger partial charge in [0.15, 0.2) is 0 Å². The van der Waals surface area contributed by atoms with E-state index in [-0.39, 0.29) is 6.04 Å². The molecule has 0 bridgehead atoms. The van der Waals surface area contributed by atoms with Crippen LogP contribution in [-0.4, -0.2) is 14.6 Å². The summed E-state index contributed by atoms with van der Waals surface area (Å²) in [4.78, 5) is 6.89. The van der Waals surface area contributed by atoms with Crippen molar-refractivity contribution in [1.82, 2.24) is 20.0 Å². The predicted molar refractivity (Wildman–Crippen MR) is 80.5 cm³/mol. The first-order valence-corrected chi connectivity index (χ1v) is 7.44. The van der Waals surface area contributed by atoms with Gasteiger partial charge in [0.2, 0.25) is 0 Å². The van der Waals surface area contributed by atoms with Crippen molar-refractivity contribution in [3.8, 4) is 0 Å². The van der Waals surface area contributed by atoms with Gasteiger partial charge in [0.1, 0.15) is 0 Å². The zero-order chi connectivity index (χ0) is 13.9. The van der Waals surface area contributed by atoms with Crippen LogP contribution < -0.4 is 11.3 Å². The number of nitrogens with one attached hydrogen (secondary N) is 1. The molecule has 0 aromatic carbocycles. The molecule has 3 N–H and O–H groups in total. The molecule has 0 aliphatic rings. The number of thiophene rings is 1. The van der Waals surface area contributed by atoms with Crippen molar-refractivity contribution < 1.29 is 0 Å². The number of nitrogens with zero attached hydrogens (tertiary/aromatic N) is 3. The number of aryl methyl sites for hydroxylation is 1. The SMILES string of the molecule is CCc1ccc(CC(NN)c2cnn3ccncc23)s1. The highest BCUT2D eigenvalue weighted by molar-refractivity contribution is 7.11. The van der Waals surface area contributed by atoms with Gasteiger partial charge in [-0.05, 0) is 18.6 Å². The molecule has 0 amide bonds. The third-order valence-electron chi connectivity index (χ3n) is 3.40. The molecule has 5 nitrogen and oxygen atoms in total. The second-order valence-corrected chi connectivity index (χ2v) is 5.90. The molecule has 3 aromatic heterocycles. The van der Waals surface area contributed by atoms with Gasteiger partial charge in [0, 0.05) is 34.1 Å². The van der Waals surface area contributed by atoms with E-state index >= 15 is 0 Å². The zero-order valence-electron chi connectivity index (χ0n) is 11.3. The number of hydrogen-bond acceptors (Lipinski definition) is 5. The summed E-state index contributed by atoms with van der Waals surface area (Å²) in [7, 11) is 0. The van der Waals surface area contributed by atoms with Gasteiger partial charge in [-0.3, -0.25) is 16.3 Å². The van der Waals surface area contributed by atoms with Crippen LogP contribution in [-0.2, 0) is 12.8 Å². The van der Waals surface area contributed by atoms with Gasteiger partial charge < -0.3 is 0 Å². The third kappa shape index (κ3) is 2.45. The summed E-state index contributed by atoms with van der Waals surface area (Å²) >= 11 is 1.84. The van der Waals surface area contributed by atoms with Gasteiger partial charge in [0.05, 0.1) is 24.0 Å². The van der Waals surface area contributed by atoms with Crippen LogP contribution in [0.5, 0.6) is 0 Å². The summed E-state index contributed by atoms with van der Waals surface area (Å²) in [5.41, 5.74) is 4.96. The quantitative estimate of drug-likeness (QED) is 0.557. The van der Waals surface area contributed by atoms with Crippen LogP contribution in [0.2, 0.25) is 0 Å². The highest BCUT2D eigenvalue weighted by Crippen LogP contribution is 2.25. The highest BCUT2D eigenvalue weighted by atomic mass is 32.1. The van der Waals surface area contributed by atoms with E-state index in [4.69, 9.17) is 5.84 Å². The van der Waals surface area contributed by atoms with E-state index in [0.29, 0.717) is 0 Å². The van der Waals surface area contributed by atoms with Crippen molar-refractivity contribution in [3.05, 3.63) is 52.2 Å². The van der Waals surface area contributed by atoms with Gasteiger partial charge in [-0.1, -0.05) is 6.92 Å². The predicted octanol–water partition coefficient (Wildman–Crippen LogP) is 2.10. The summed E-state index contributed by atoms with van der Waals surface area (Å²) in [5.74, 6) is 5.74. The summed E-state index contributed by atoms with van der Waals surface area (Å²) < 4.78 is 1.82. The van der Waals surface area contributed by atoms with Gasteiger partial charge in [-0.25, -0.2) is 4.52 Å². The Morgan fingerprint density at radius 3 is 2.95 bits per heavy atom. The van der Waals surface area contributed by atoms with Crippen molar-refractivity contribution in [1.29, 1.82) is 0 Å². The van der Waals surface area contributed by atoms with Crippen LogP contribution in [0.4, 0.5) is 0 Å². The molecule has 1 atom stereocenters. The maximum absolute atomic E-state index is 5.74. The van der Waals surface area contributed by atoms with Crippen molar-refractivity contribution in [3.63, 3.8) is 0 Å². The molecule has 0 aliphatic heterocycles. The molecule has 3 heterocycles. The fraction of sp³-hybridized carbons (Fsp3) is 0.286. The molecule has 0 spiro atoms. The average molecular weight is 287 g/mol. The minimum Gasteiger partial charge on any atom is -0.271 e. The number of hydrogen-bond donors (Lipinski definition) is 2. The molecule has 3 rings (SSSR count). The molecule has 20 heavy (non-hydrogen) atoms. The number of nitrogens with two attached hydrogens (primary N) is 1. The Labute approximate surface area is 121 Å². The Balaban J connectivity index is 1.89. The van der Waals surface area contributed by atoms with Gasteiger partial charge in [0.25, 0.3) is 0 Å². The Bertz CT molecular complexity index is 702. The van der Waals surface area contributed by atoms with E-state index in [1.807, 2.05) is 34.4 Å². The van der Waals surface area contributed by atoms with Crippen LogP contribution >= 0.6 is 11.3 Å². The number of hydrazine groups is 1. The maximum Gasteiger partial charge on any atom is 0.0893 e. The van der Waals surface area contributed by atoms with E-state index < -0.39 is 0 Å². The molecule has 0 radical (unpaired) electrons. The van der Waals surface area contributed by atoms with E-state index in [1.165, 1.54) is 9.75 Å². The number of aromatic nitrogens is 3. The Morgan fingerprint density at radius 2 is 2.20 bits per heavy atom. The van der Waals surface area contributed by atoms with Crippen molar-refractivity contribution in [2.75, 3.05) is 0 Å². The molecule has 0 saturated heterocycles. The number of fused-ring (bicyclic) bond motifs is 1. The Hall–Kier alpha value is -1.76. The zero-order valence-corrected chi connectivity index (χ0v) is 12.1. The lowest BCUT2D eigenvalue weighted by Crippen LogP contribution is -2.29. The van der Waals surface area contributed by atoms with E-state index in [1.54, 1.807) is 6.20 Å². The van der Waals surface area contributed by atoms with Gasteiger partial charge >= 0.3 is 0 Å². The summed E-state index contributed by atoms with van der Waals surface area (Å²) in [6.07, 6.45) is 9.17. The largest absolute Gasteiger partial charge is 0.271 e. The van der Waals surface area contributed by atoms with Gasteiger partial charge in [-0.2, -0.15) is 5.10 Å². The lowest BCUT2D eigenvalue weighted by atomic mass is 10.1. The fourth-order valence-corrected chi connectivity index (χ4v) is 3.31. The lowest BCUT2D eigenvalue weighted by Gasteiger charge is -2.13. The molecule has 104 valence electrons. The van der Waals surface area contributed by atoms with Gasteiger partial charge in [-0.15, -0.1) is 11.3 Å². The third-order valence-corrected chi connectivity index (χ3v) is 4.65. The smallest absolute Gasteiger partial charge is 0.0893 e. The molecular formula is C14H17N5S. The lowest BCUT2D eigenvalue weighted by molar-refractivity contribution is 0.559. The van der Waals surface area contributed by atoms with Crippen molar-refractivity contribution in [2.24, 2.45) is 5.84 Å². The monoisotopic (exact) mass is 287 g/mol. The molecule has 0 saturated carbocycles. The van der Waals surface area contributed by atoms with Crippen molar-refractivity contribution >= 4 is 16.9 Å². The Kier molecular flexibility index (Phi) is 3.77. The van der Waals surface area contributed by atoms with Crippen LogP contribution in [0, 0.1) is 0 Å². The number of rotatable bonds is 5. The molecule has 1 unspecified atom stereocenters. The summed E-state index contributed by atoms with van der Waals surface area (Å²) in [6, 6.07) is 4.41. The second kappa shape index (κ2) is 5.70. The van der Waals surface area contributed by atoms with Crippen LogP contribution in [0.3, 0.4) is 0 Å². The minimum absolute atomic E-state index is 0.0417. The summed E-state index contributed by atoms with van der Waals surface area (Å²) in [6.45, 7) is 2.17. The fourth-order valence-electron chi connectivity index (χ4n) is 2.30. The first kappa shape index (κ1) is 13.2. The molecule has 0 aliphatic carbocycles. The van der Waals surface area contributed by atoms with E-state index in [0.717, 1.165) is 23.9 Å². The maximum atomic E-state index is 5.74. The topological polar surface area (TPSA) is 68.2 Å². The van der Waals surface area contributed by atoms with Crippen LogP contribution in [0.15, 0.2) is 36.9 Å². The molecule has 6 heteroatoms. The highest BCUT2D eigenvalue weighted by Gasteiger charge is 2.16. The average Bonchev–Trinajstić information content (AvgIpc) is 3.11. The van der Waals surface area contributed by atoms with E-state index in [9.17, 15) is 0 Å². The van der Waals surface area contributed by atoms with Crippen LogP contribution in [0.25, 0.3) is 5.52 Å². The molecular weight excluding hydrogens is 270 g/mol. The first-order chi connectivity index (χ1) is 9.81. The van der Waals surface area contributed by atoms with E-state index in [2.05, 4.69) is 34.6 Å². The normalized spacial score (nSPS) is 12.9. The standard InChI is InChI=1S/C14H17N5S/c1-2-10-3-4-11(20-10)7-13(18-15)12-8-17-19-6-5-16-9-14(12)19/h3-6,8-9,13,18H,2,7,15H2,1H3. The van der Waals surface area contributed by atoms with Crippen molar-refractivity contribution in [2.45, 2.75) is 25.8 Å². The molecule has 0 fully saturated rings. The Morgan fingerprint density at radius 1 is 1.35 bits per heavy atom.